The molecule has 14 heteroatoms. The van der Waals surface area contributed by atoms with Gasteiger partial charge in [0.1, 0.15) is 18.1 Å². The first-order valence-corrected chi connectivity index (χ1v) is 15.2. The second-order valence-electron chi connectivity index (χ2n) is 10.8. The summed E-state index contributed by atoms with van der Waals surface area (Å²) in [6, 6.07) is 7.91. The number of aliphatic hydroxyl groups excluding tert-OH is 1. The van der Waals surface area contributed by atoms with Gasteiger partial charge in [-0.05, 0) is 30.3 Å². The van der Waals surface area contributed by atoms with E-state index < -0.39 is 57.0 Å². The molecule has 1 saturated heterocycles. The number of benzene rings is 1. The van der Waals surface area contributed by atoms with Crippen LogP contribution in [0.3, 0.4) is 0 Å². The van der Waals surface area contributed by atoms with Gasteiger partial charge in [-0.3, -0.25) is 14.2 Å². The Morgan fingerprint density at radius 3 is 2.44 bits per heavy atom. The molecule has 1 aliphatic heterocycles. The molecule has 1 aromatic carbocycles. The molecule has 2 aromatic rings. The number of hydrogen-bond acceptors (Lipinski definition) is 7. The van der Waals surface area contributed by atoms with Gasteiger partial charge in [-0.2, -0.15) is 18.2 Å². The second-order valence-corrected chi connectivity index (χ2v) is 15.6. The van der Waals surface area contributed by atoms with Crippen LogP contribution in [0.25, 0.3) is 0 Å². The first kappa shape index (κ1) is 30.5. The van der Waals surface area contributed by atoms with Crippen LogP contribution in [0.5, 0.6) is 0 Å². The van der Waals surface area contributed by atoms with E-state index in [1.54, 1.807) is 23.5 Å². The Morgan fingerprint density at radius 2 is 1.85 bits per heavy atom. The number of carbonyl (C=O) groups excluding carboxylic acids is 2. The SMILES string of the molecule is CC(C)(C)[Si](C)(C)OCC1OC(n2cc(CNC(=O)C(F)(F)F)c(NC(=O)c3ccccc3)nc2=O)CC1O. The summed E-state index contributed by atoms with van der Waals surface area (Å²) in [7, 11) is -2.16. The number of anilines is 1. The zero-order chi connectivity index (χ0) is 29.2. The van der Waals surface area contributed by atoms with E-state index in [0.29, 0.717) is 0 Å². The zero-order valence-electron chi connectivity index (χ0n) is 22.3. The molecule has 2 heterocycles. The molecular formula is C25H33F3N4O6Si. The summed E-state index contributed by atoms with van der Waals surface area (Å²) in [5, 5.41) is 14.6. The van der Waals surface area contributed by atoms with Crippen molar-refractivity contribution in [2.75, 3.05) is 11.9 Å². The van der Waals surface area contributed by atoms with E-state index in [-0.39, 0.29) is 35.0 Å². The van der Waals surface area contributed by atoms with Gasteiger partial charge in [0.05, 0.1) is 12.7 Å². The van der Waals surface area contributed by atoms with Crippen molar-refractivity contribution < 1.29 is 37.0 Å². The van der Waals surface area contributed by atoms with Crippen LogP contribution in [0.2, 0.25) is 18.1 Å². The minimum absolute atomic E-state index is 0.00279. The van der Waals surface area contributed by atoms with Crippen LogP contribution < -0.4 is 16.3 Å². The Bertz CT molecular complexity index is 1250. The fourth-order valence-electron chi connectivity index (χ4n) is 3.54. The molecular weight excluding hydrogens is 537 g/mol. The number of amides is 2. The van der Waals surface area contributed by atoms with Gasteiger partial charge in [0.2, 0.25) is 0 Å². The number of alkyl halides is 3. The van der Waals surface area contributed by atoms with Crippen molar-refractivity contribution in [3.05, 3.63) is 58.1 Å². The third-order valence-corrected chi connectivity index (χ3v) is 11.4. The predicted octanol–water partition coefficient (Wildman–Crippen LogP) is 3.34. The lowest BCUT2D eigenvalue weighted by molar-refractivity contribution is -0.173. The van der Waals surface area contributed by atoms with Crippen LogP contribution in [-0.2, 0) is 20.5 Å². The van der Waals surface area contributed by atoms with Crippen molar-refractivity contribution in [3.8, 4) is 0 Å². The van der Waals surface area contributed by atoms with Gasteiger partial charge >= 0.3 is 17.8 Å². The third-order valence-electron chi connectivity index (χ3n) is 6.92. The standard InChI is InChI=1S/C25H33F3N4O6Si/c1-24(2,3)39(4,5)37-14-18-17(33)11-19(38-18)32-13-16(12-29-22(35)25(26,27)28)20(31-23(32)36)30-21(34)15-9-7-6-8-10-15/h6-10,13,17-19,33H,11-12,14H2,1-5H3,(H,29,35)(H,30,31,34,36). The third kappa shape index (κ3) is 7.53. The summed E-state index contributed by atoms with van der Waals surface area (Å²) in [4.78, 5) is 40.8. The van der Waals surface area contributed by atoms with Gasteiger partial charge in [-0.15, -0.1) is 0 Å². The molecule has 0 aliphatic carbocycles. The number of aromatic nitrogens is 2. The molecule has 3 rings (SSSR count). The number of hydrogen-bond donors (Lipinski definition) is 3. The summed E-state index contributed by atoms with van der Waals surface area (Å²) in [5.41, 5.74) is -0.719. The molecule has 3 unspecified atom stereocenters. The second kappa shape index (κ2) is 11.6. The molecule has 10 nitrogen and oxygen atoms in total. The van der Waals surface area contributed by atoms with Crippen LogP contribution in [0.1, 0.15) is 49.3 Å². The topological polar surface area (TPSA) is 132 Å². The van der Waals surface area contributed by atoms with Crippen molar-refractivity contribution in [2.24, 2.45) is 0 Å². The maximum absolute atomic E-state index is 12.9. The number of carbonyl (C=O) groups is 2. The smallest absolute Gasteiger partial charge is 0.414 e. The number of aliphatic hydroxyl groups is 1. The average Bonchev–Trinajstić information content (AvgIpc) is 3.21. The number of ether oxygens (including phenoxy) is 1. The summed E-state index contributed by atoms with van der Waals surface area (Å²) < 4.78 is 51.4. The Morgan fingerprint density at radius 1 is 1.21 bits per heavy atom. The molecule has 0 radical (unpaired) electrons. The molecule has 3 N–H and O–H groups in total. The first-order chi connectivity index (χ1) is 18.0. The molecule has 1 aliphatic rings. The molecule has 39 heavy (non-hydrogen) atoms. The lowest BCUT2D eigenvalue weighted by atomic mass is 10.2. The Kier molecular flexibility index (Phi) is 9.04. The van der Waals surface area contributed by atoms with Crippen LogP contribution in [0, 0.1) is 0 Å². The maximum atomic E-state index is 12.9. The summed E-state index contributed by atoms with van der Waals surface area (Å²) in [5.74, 6) is -3.17. The van der Waals surface area contributed by atoms with Crippen molar-refractivity contribution in [1.82, 2.24) is 14.9 Å². The highest BCUT2D eigenvalue weighted by atomic mass is 28.4. The van der Waals surface area contributed by atoms with E-state index in [9.17, 15) is 32.7 Å². The molecule has 0 saturated carbocycles. The van der Waals surface area contributed by atoms with Gasteiger partial charge < -0.3 is 24.9 Å². The summed E-state index contributed by atoms with van der Waals surface area (Å²) in [6.45, 7) is 9.69. The highest BCUT2D eigenvalue weighted by Gasteiger charge is 2.42. The van der Waals surface area contributed by atoms with Gasteiger partial charge in [-0.25, -0.2) is 4.79 Å². The fourth-order valence-corrected chi connectivity index (χ4v) is 4.56. The molecule has 0 spiro atoms. The van der Waals surface area contributed by atoms with E-state index >= 15 is 0 Å². The Hall–Kier alpha value is -3.07. The van der Waals surface area contributed by atoms with Gasteiger partial charge in [0, 0.05) is 30.3 Å². The molecule has 3 atom stereocenters. The zero-order valence-corrected chi connectivity index (χ0v) is 23.3. The van der Waals surface area contributed by atoms with Crippen molar-refractivity contribution in [2.45, 2.75) is 76.5 Å². The molecule has 1 fully saturated rings. The monoisotopic (exact) mass is 570 g/mol. The number of rotatable bonds is 8. The highest BCUT2D eigenvalue weighted by molar-refractivity contribution is 6.74. The van der Waals surface area contributed by atoms with Crippen LogP contribution in [0.4, 0.5) is 19.0 Å². The molecule has 0 bridgehead atoms. The number of nitrogens with one attached hydrogen (secondary N) is 2. The van der Waals surface area contributed by atoms with Gasteiger partial charge in [0.15, 0.2) is 8.32 Å². The van der Waals surface area contributed by atoms with E-state index in [0.717, 1.165) is 10.8 Å². The average molecular weight is 571 g/mol. The quantitative estimate of drug-likeness (QED) is 0.415. The summed E-state index contributed by atoms with van der Waals surface area (Å²) in [6.07, 6.45) is -6.70. The highest BCUT2D eigenvalue weighted by Crippen LogP contribution is 2.37. The molecule has 2 amide bonds. The van der Waals surface area contributed by atoms with Crippen molar-refractivity contribution in [3.63, 3.8) is 0 Å². The summed E-state index contributed by atoms with van der Waals surface area (Å²) >= 11 is 0. The minimum atomic E-state index is -5.13. The molecule has 214 valence electrons. The van der Waals surface area contributed by atoms with Gasteiger partial charge in [0.25, 0.3) is 5.91 Å². The van der Waals surface area contributed by atoms with Gasteiger partial charge in [-0.1, -0.05) is 39.0 Å². The lowest BCUT2D eigenvalue weighted by Gasteiger charge is -2.37. The van der Waals surface area contributed by atoms with Crippen molar-refractivity contribution in [1.29, 1.82) is 0 Å². The van der Waals surface area contributed by atoms with Crippen molar-refractivity contribution >= 4 is 25.9 Å². The van der Waals surface area contributed by atoms with Crippen LogP contribution in [-0.4, -0.2) is 59.8 Å². The van der Waals surface area contributed by atoms with E-state index in [4.69, 9.17) is 9.16 Å². The van der Waals surface area contributed by atoms with E-state index in [1.165, 1.54) is 12.1 Å². The van der Waals surface area contributed by atoms with Crippen LogP contribution in [0.15, 0.2) is 41.3 Å². The van der Waals surface area contributed by atoms with Crippen LogP contribution >= 0.6 is 0 Å². The first-order valence-electron chi connectivity index (χ1n) is 12.3. The van der Waals surface area contributed by atoms with E-state index in [1.807, 2.05) is 13.1 Å². The Labute approximate surface area is 224 Å². The lowest BCUT2D eigenvalue weighted by Crippen LogP contribution is -2.43. The minimum Gasteiger partial charge on any atom is -0.414 e. The number of halogens is 3. The normalized spacial score (nSPS) is 20.1. The molecule has 1 aromatic heterocycles. The van der Waals surface area contributed by atoms with E-state index in [2.05, 4.69) is 31.1 Å². The number of nitrogens with zero attached hydrogens (tertiary/aromatic N) is 2. The fraction of sp³-hybridized carbons (Fsp3) is 0.520. The largest absolute Gasteiger partial charge is 0.471 e. The Balaban J connectivity index is 1.85. The predicted molar refractivity (Wildman–Crippen MR) is 138 cm³/mol. The maximum Gasteiger partial charge on any atom is 0.471 e.